The molecule has 1 heterocycles. The molecule has 5 heteroatoms. The summed E-state index contributed by atoms with van der Waals surface area (Å²) in [6, 6.07) is 14.4. The van der Waals surface area contributed by atoms with E-state index in [1.54, 1.807) is 4.68 Å². The zero-order valence-electron chi connectivity index (χ0n) is 10.0. The second kappa shape index (κ2) is 4.54. The fourth-order valence-corrected chi connectivity index (χ4v) is 1.98. The Morgan fingerprint density at radius 3 is 2.78 bits per heavy atom. The number of aromatic nitrogens is 4. The van der Waals surface area contributed by atoms with Crippen LogP contribution in [0.15, 0.2) is 42.5 Å². The fourth-order valence-electron chi connectivity index (χ4n) is 1.98. The van der Waals surface area contributed by atoms with Crippen molar-refractivity contribution in [2.24, 2.45) is 0 Å². The Kier molecular flexibility index (Phi) is 2.74. The van der Waals surface area contributed by atoms with E-state index in [0.29, 0.717) is 6.54 Å². The van der Waals surface area contributed by atoms with Crippen LogP contribution in [0.5, 0.6) is 0 Å². The number of hydrogen-bond donors (Lipinski definition) is 1. The third-order valence-electron chi connectivity index (χ3n) is 2.85. The van der Waals surface area contributed by atoms with Crippen LogP contribution in [0.4, 0.5) is 0 Å². The highest BCUT2D eigenvalue weighted by Gasteiger charge is 2.07. The molecule has 0 spiro atoms. The van der Waals surface area contributed by atoms with E-state index in [-0.39, 0.29) is 0 Å². The second-order valence-corrected chi connectivity index (χ2v) is 4.07. The molecule has 0 amide bonds. The first-order chi connectivity index (χ1) is 8.88. The van der Waals surface area contributed by atoms with Crippen LogP contribution < -0.4 is 5.32 Å². The molecule has 2 aromatic carbocycles. The molecule has 0 saturated carbocycles. The van der Waals surface area contributed by atoms with E-state index in [9.17, 15) is 0 Å². The molecule has 0 atom stereocenters. The highest BCUT2D eigenvalue weighted by atomic mass is 15.5. The summed E-state index contributed by atoms with van der Waals surface area (Å²) in [6.07, 6.45) is 0. The van der Waals surface area contributed by atoms with E-state index in [0.717, 1.165) is 11.5 Å². The molecule has 1 aromatic heterocycles. The molecular weight excluding hydrogens is 226 g/mol. The maximum Gasteiger partial charge on any atom is 0.170 e. The maximum atomic E-state index is 4.03. The lowest BCUT2D eigenvalue weighted by Crippen LogP contribution is -2.12. The number of nitrogens with one attached hydrogen (secondary N) is 1. The molecule has 90 valence electrons. The largest absolute Gasteiger partial charge is 0.313 e. The molecule has 0 fully saturated rings. The number of rotatable bonds is 3. The lowest BCUT2D eigenvalue weighted by molar-refractivity contribution is 0.709. The Bertz CT molecular complexity index is 674. The second-order valence-electron chi connectivity index (χ2n) is 4.07. The number of fused-ring (bicyclic) bond motifs is 1. The first kappa shape index (κ1) is 10.9. The summed E-state index contributed by atoms with van der Waals surface area (Å²) < 4.78 is 1.75. The molecule has 0 unspecified atom stereocenters. The highest BCUT2D eigenvalue weighted by Crippen LogP contribution is 2.18. The van der Waals surface area contributed by atoms with Gasteiger partial charge in [-0.05, 0) is 40.4 Å². The summed E-state index contributed by atoms with van der Waals surface area (Å²) in [4.78, 5) is 0. The van der Waals surface area contributed by atoms with Crippen molar-refractivity contribution < 1.29 is 0 Å². The van der Waals surface area contributed by atoms with E-state index in [1.807, 2.05) is 25.2 Å². The average Bonchev–Trinajstić information content (AvgIpc) is 2.87. The van der Waals surface area contributed by atoms with Gasteiger partial charge in [0, 0.05) is 0 Å². The van der Waals surface area contributed by atoms with Crippen molar-refractivity contribution in [2.45, 2.75) is 6.54 Å². The monoisotopic (exact) mass is 239 g/mol. The van der Waals surface area contributed by atoms with E-state index in [2.05, 4.69) is 45.1 Å². The topological polar surface area (TPSA) is 55.6 Å². The van der Waals surface area contributed by atoms with E-state index >= 15 is 0 Å². The third kappa shape index (κ3) is 1.84. The predicted octanol–water partition coefficient (Wildman–Crippen LogP) is 1.53. The van der Waals surface area contributed by atoms with Gasteiger partial charge in [-0.25, -0.2) is 0 Å². The van der Waals surface area contributed by atoms with Crippen LogP contribution in [0.2, 0.25) is 0 Å². The lowest BCUT2D eigenvalue weighted by atomic mass is 10.1. The van der Waals surface area contributed by atoms with Crippen molar-refractivity contribution in [3.05, 3.63) is 48.3 Å². The Hall–Kier alpha value is -2.27. The quantitative estimate of drug-likeness (QED) is 0.753. The summed E-state index contributed by atoms with van der Waals surface area (Å²) in [5, 5.41) is 17.2. The maximum absolute atomic E-state index is 4.03. The van der Waals surface area contributed by atoms with Crippen molar-refractivity contribution in [3.63, 3.8) is 0 Å². The van der Waals surface area contributed by atoms with Gasteiger partial charge in [0.05, 0.1) is 12.2 Å². The van der Waals surface area contributed by atoms with Gasteiger partial charge in [0.25, 0.3) is 0 Å². The van der Waals surface area contributed by atoms with E-state index < -0.39 is 0 Å². The van der Waals surface area contributed by atoms with Crippen LogP contribution in [-0.4, -0.2) is 27.3 Å². The van der Waals surface area contributed by atoms with Crippen molar-refractivity contribution in [2.75, 3.05) is 7.05 Å². The number of nitrogens with zero attached hydrogens (tertiary/aromatic N) is 4. The van der Waals surface area contributed by atoms with Crippen LogP contribution in [0, 0.1) is 0 Å². The van der Waals surface area contributed by atoms with Gasteiger partial charge in [-0.15, -0.1) is 5.10 Å². The summed E-state index contributed by atoms with van der Waals surface area (Å²) in [6.45, 7) is 0.639. The molecule has 0 aliphatic rings. The molecule has 1 N–H and O–H groups in total. The average molecular weight is 239 g/mol. The SMILES string of the molecule is CNCc1nnnn1-c1ccc2ccccc2c1. The van der Waals surface area contributed by atoms with E-state index in [1.165, 1.54) is 10.8 Å². The summed E-state index contributed by atoms with van der Waals surface area (Å²) >= 11 is 0. The molecule has 3 rings (SSSR count). The van der Waals surface area contributed by atoms with Crippen LogP contribution in [0.3, 0.4) is 0 Å². The van der Waals surface area contributed by atoms with E-state index in [4.69, 9.17) is 0 Å². The minimum absolute atomic E-state index is 0.639. The first-order valence-corrected chi connectivity index (χ1v) is 5.79. The van der Waals surface area contributed by atoms with Gasteiger partial charge in [-0.2, -0.15) is 4.68 Å². The van der Waals surface area contributed by atoms with Gasteiger partial charge in [0.2, 0.25) is 0 Å². The minimum Gasteiger partial charge on any atom is -0.313 e. The van der Waals surface area contributed by atoms with Crippen LogP contribution in [-0.2, 0) is 6.54 Å². The smallest absolute Gasteiger partial charge is 0.170 e. The van der Waals surface area contributed by atoms with Crippen molar-refractivity contribution >= 4 is 10.8 Å². The van der Waals surface area contributed by atoms with Crippen molar-refractivity contribution in [1.82, 2.24) is 25.5 Å². The van der Waals surface area contributed by atoms with Gasteiger partial charge in [0.15, 0.2) is 5.82 Å². The van der Waals surface area contributed by atoms with Gasteiger partial charge in [0.1, 0.15) is 0 Å². The lowest BCUT2D eigenvalue weighted by Gasteiger charge is -2.05. The predicted molar refractivity (Wildman–Crippen MR) is 69.4 cm³/mol. The van der Waals surface area contributed by atoms with Crippen molar-refractivity contribution in [1.29, 1.82) is 0 Å². The highest BCUT2D eigenvalue weighted by molar-refractivity contribution is 5.84. The zero-order chi connectivity index (χ0) is 12.4. The molecular formula is C13H13N5. The van der Waals surface area contributed by atoms with Crippen LogP contribution in [0.1, 0.15) is 5.82 Å². The Morgan fingerprint density at radius 2 is 1.94 bits per heavy atom. The van der Waals surface area contributed by atoms with Crippen LogP contribution in [0.25, 0.3) is 16.5 Å². The Morgan fingerprint density at radius 1 is 1.11 bits per heavy atom. The summed E-state index contributed by atoms with van der Waals surface area (Å²) in [5.74, 6) is 0.799. The number of tetrazole rings is 1. The molecule has 3 aromatic rings. The van der Waals surface area contributed by atoms with Gasteiger partial charge < -0.3 is 5.32 Å². The van der Waals surface area contributed by atoms with Gasteiger partial charge in [-0.3, -0.25) is 0 Å². The normalized spacial score (nSPS) is 10.9. The van der Waals surface area contributed by atoms with Crippen molar-refractivity contribution in [3.8, 4) is 5.69 Å². The Balaban J connectivity index is 2.10. The number of benzene rings is 2. The minimum atomic E-state index is 0.639. The molecule has 0 aliphatic carbocycles. The molecule has 0 saturated heterocycles. The molecule has 0 bridgehead atoms. The summed E-state index contributed by atoms with van der Waals surface area (Å²) in [5.41, 5.74) is 0.976. The summed E-state index contributed by atoms with van der Waals surface area (Å²) in [7, 11) is 1.87. The molecule has 0 aliphatic heterocycles. The third-order valence-corrected chi connectivity index (χ3v) is 2.85. The van der Waals surface area contributed by atoms with Gasteiger partial charge in [-0.1, -0.05) is 30.3 Å². The molecule has 0 radical (unpaired) electrons. The van der Waals surface area contributed by atoms with Crippen LogP contribution >= 0.6 is 0 Å². The first-order valence-electron chi connectivity index (χ1n) is 5.79. The molecule has 18 heavy (non-hydrogen) atoms. The fraction of sp³-hybridized carbons (Fsp3) is 0.154. The Labute approximate surface area is 104 Å². The zero-order valence-corrected chi connectivity index (χ0v) is 10.0. The van der Waals surface area contributed by atoms with Gasteiger partial charge >= 0.3 is 0 Å². The standard InChI is InChI=1S/C13H13N5/c1-14-9-13-15-16-17-18(13)12-7-6-10-4-2-3-5-11(10)8-12/h2-8,14H,9H2,1H3. The number of hydrogen-bond acceptors (Lipinski definition) is 4. The molecule has 5 nitrogen and oxygen atoms in total.